The smallest absolute Gasteiger partial charge is 0.260 e. The maximum Gasteiger partial charge on any atom is 2.00 e. The Balaban J connectivity index is 0.00000492. The molecule has 2 saturated carbocycles. The molecule has 0 radical (unpaired) electrons. The molecule has 0 aliphatic heterocycles. The second kappa shape index (κ2) is 17.4. The average molecular weight is 1090 g/mol. The standard InChI is InChI=1S/C68H48N2.Pt/c1-5-23-59-55(19-1)56-20-2-6-24-60(56)67(59,63-27-9-11-41-69-63)53-17-13-15-51(43-53)66(65(49-37-33-47(34-38-49)45-29-30-45)50-39-35-48(36-40-50)46-31-32-46)52-16-14-18-54(44-52)68(64-28-10-12-42-70-64)61-25-7-3-21-57(61)58-22-4-8-26-62(58)68;/h1-28,33-42,45-46H,29-32H2;/q-2;+2. The molecule has 0 unspecified atom stereocenters. The molecule has 3 heteroatoms. The van der Waals surface area contributed by atoms with Crippen LogP contribution in [0, 0.1) is 12.1 Å². The molecule has 2 nitrogen and oxygen atoms in total. The molecular formula is C68H48N2Pt. The Morgan fingerprint density at radius 3 is 1.04 bits per heavy atom. The summed E-state index contributed by atoms with van der Waals surface area (Å²) in [5.74, 6) is 1.29. The van der Waals surface area contributed by atoms with Crippen LogP contribution in [0.25, 0.3) is 33.4 Å². The van der Waals surface area contributed by atoms with Gasteiger partial charge in [0.1, 0.15) is 0 Å². The summed E-state index contributed by atoms with van der Waals surface area (Å²) < 4.78 is 0. The normalized spacial score (nSPS) is 15.4. The zero-order chi connectivity index (χ0) is 46.2. The van der Waals surface area contributed by atoms with Crippen LogP contribution in [-0.4, -0.2) is 9.97 Å². The van der Waals surface area contributed by atoms with Gasteiger partial charge in [0.2, 0.25) is 0 Å². The van der Waals surface area contributed by atoms with Gasteiger partial charge in [0.15, 0.2) is 0 Å². The summed E-state index contributed by atoms with van der Waals surface area (Å²) in [6, 6.07) is 89.1. The summed E-state index contributed by atoms with van der Waals surface area (Å²) in [7, 11) is 0. The number of benzene rings is 8. The molecule has 8 aromatic carbocycles. The van der Waals surface area contributed by atoms with Crippen LogP contribution in [0.3, 0.4) is 0 Å². The Labute approximate surface area is 431 Å². The molecule has 4 aliphatic rings. The minimum atomic E-state index is -0.723. The number of hydrogen-bond donors (Lipinski definition) is 0. The van der Waals surface area contributed by atoms with Crippen molar-refractivity contribution in [3.63, 3.8) is 0 Å². The largest absolute Gasteiger partial charge is 2.00 e. The Hall–Kier alpha value is -7.51. The third-order valence-electron chi connectivity index (χ3n) is 15.7. The monoisotopic (exact) mass is 1090 g/mol. The fourth-order valence-electron chi connectivity index (χ4n) is 12.3. The van der Waals surface area contributed by atoms with Gasteiger partial charge in [-0.1, -0.05) is 158 Å². The van der Waals surface area contributed by atoms with E-state index in [1.807, 2.05) is 24.5 Å². The van der Waals surface area contributed by atoms with Gasteiger partial charge in [-0.2, -0.15) is 0 Å². The Morgan fingerprint density at radius 2 is 0.704 bits per heavy atom. The molecule has 71 heavy (non-hydrogen) atoms. The summed E-state index contributed by atoms with van der Waals surface area (Å²) >= 11 is 0. The number of fused-ring (bicyclic) bond motifs is 6. The minimum Gasteiger partial charge on any atom is -0.260 e. The third-order valence-corrected chi connectivity index (χ3v) is 15.7. The predicted octanol–water partition coefficient (Wildman–Crippen LogP) is 15.6. The maximum atomic E-state index is 5.21. The van der Waals surface area contributed by atoms with Gasteiger partial charge < -0.3 is 0 Å². The Kier molecular flexibility index (Phi) is 10.7. The second-order valence-electron chi connectivity index (χ2n) is 19.6. The fourth-order valence-corrected chi connectivity index (χ4v) is 12.3. The van der Waals surface area contributed by atoms with E-state index in [0.29, 0.717) is 11.8 Å². The van der Waals surface area contributed by atoms with Crippen LogP contribution in [0.4, 0.5) is 0 Å². The first kappa shape index (κ1) is 43.5. The van der Waals surface area contributed by atoms with E-state index in [2.05, 4.69) is 218 Å². The van der Waals surface area contributed by atoms with Crippen LogP contribution in [0.15, 0.2) is 231 Å². The SMILES string of the molecule is [Pt+2].[c-]1c(C(=C(c2ccc(C3CC3)cc2)c2ccc(C3CC3)cc2)c2[c-]c(C3(c4ccccn4)c4ccccc4-c4ccccc43)ccc2)cccc1C1(c2ccccn2)c2ccccc2-c2ccccc21. The molecule has 10 aromatic rings. The van der Waals surface area contributed by atoms with E-state index in [0.717, 1.165) is 44.8 Å². The van der Waals surface area contributed by atoms with Crippen LogP contribution in [-0.2, 0) is 31.9 Å². The summed E-state index contributed by atoms with van der Waals surface area (Å²) in [5.41, 5.74) is 21.8. The molecule has 4 aliphatic carbocycles. The Morgan fingerprint density at radius 1 is 0.352 bits per heavy atom. The molecule has 2 fully saturated rings. The summed E-state index contributed by atoms with van der Waals surface area (Å²) in [6.45, 7) is 0. The van der Waals surface area contributed by atoms with Crippen molar-refractivity contribution in [3.05, 3.63) is 321 Å². The van der Waals surface area contributed by atoms with Crippen molar-refractivity contribution in [2.45, 2.75) is 48.3 Å². The van der Waals surface area contributed by atoms with Crippen molar-refractivity contribution >= 4 is 11.1 Å². The fraction of sp³-hybridized carbons (Fsp3) is 0.118. The van der Waals surface area contributed by atoms with E-state index < -0.39 is 10.8 Å². The van der Waals surface area contributed by atoms with Gasteiger partial charge in [-0.25, -0.2) is 0 Å². The number of nitrogens with zero attached hydrogens (tertiary/aromatic N) is 2. The number of rotatable bonds is 10. The van der Waals surface area contributed by atoms with Crippen LogP contribution in [0.2, 0.25) is 0 Å². The van der Waals surface area contributed by atoms with E-state index >= 15 is 0 Å². The van der Waals surface area contributed by atoms with Crippen LogP contribution < -0.4 is 0 Å². The molecular weight excluding hydrogens is 1040 g/mol. The van der Waals surface area contributed by atoms with E-state index in [-0.39, 0.29) is 21.1 Å². The van der Waals surface area contributed by atoms with E-state index in [9.17, 15) is 0 Å². The van der Waals surface area contributed by atoms with E-state index in [1.165, 1.54) is 92.4 Å². The number of hydrogen-bond acceptors (Lipinski definition) is 2. The zero-order valence-corrected chi connectivity index (χ0v) is 41.4. The van der Waals surface area contributed by atoms with E-state index in [4.69, 9.17) is 9.97 Å². The van der Waals surface area contributed by atoms with Gasteiger partial charge in [-0.05, 0) is 134 Å². The molecule has 0 spiro atoms. The first-order chi connectivity index (χ1) is 34.7. The first-order valence-corrected chi connectivity index (χ1v) is 24.9. The molecule has 2 heterocycles. The second-order valence-corrected chi connectivity index (χ2v) is 19.6. The molecule has 340 valence electrons. The van der Waals surface area contributed by atoms with Crippen molar-refractivity contribution in [1.82, 2.24) is 9.97 Å². The van der Waals surface area contributed by atoms with Gasteiger partial charge in [-0.3, -0.25) is 9.97 Å². The topological polar surface area (TPSA) is 25.8 Å². The molecule has 0 saturated heterocycles. The first-order valence-electron chi connectivity index (χ1n) is 24.9. The van der Waals surface area contributed by atoms with Crippen LogP contribution in [0.5, 0.6) is 0 Å². The van der Waals surface area contributed by atoms with Crippen LogP contribution >= 0.6 is 0 Å². The van der Waals surface area contributed by atoms with Crippen molar-refractivity contribution in [3.8, 4) is 22.3 Å². The molecule has 0 atom stereocenters. The quantitative estimate of drug-likeness (QED) is 0.101. The number of pyridine rings is 2. The van der Waals surface area contributed by atoms with Crippen molar-refractivity contribution in [2.24, 2.45) is 0 Å². The summed E-state index contributed by atoms with van der Waals surface area (Å²) in [4.78, 5) is 10.4. The molecule has 14 rings (SSSR count). The molecule has 2 aromatic heterocycles. The predicted molar refractivity (Wildman–Crippen MR) is 283 cm³/mol. The maximum absolute atomic E-state index is 5.21. The van der Waals surface area contributed by atoms with Crippen molar-refractivity contribution < 1.29 is 21.1 Å². The summed E-state index contributed by atoms with van der Waals surface area (Å²) in [5, 5.41) is 0. The molecule has 0 bridgehead atoms. The third kappa shape index (κ3) is 6.87. The van der Waals surface area contributed by atoms with Gasteiger partial charge in [0.05, 0.1) is 22.2 Å². The average Bonchev–Trinajstić information content (AvgIpc) is 4.40. The zero-order valence-electron chi connectivity index (χ0n) is 39.1. The van der Waals surface area contributed by atoms with Crippen LogP contribution in [0.1, 0.15) is 116 Å². The van der Waals surface area contributed by atoms with Crippen molar-refractivity contribution in [1.29, 1.82) is 0 Å². The van der Waals surface area contributed by atoms with Gasteiger partial charge in [0, 0.05) is 12.4 Å². The Bertz CT molecular complexity index is 3330. The number of aromatic nitrogens is 2. The molecule has 0 N–H and O–H groups in total. The van der Waals surface area contributed by atoms with Crippen molar-refractivity contribution in [2.75, 3.05) is 0 Å². The van der Waals surface area contributed by atoms with Gasteiger partial charge in [-0.15, -0.1) is 76.4 Å². The molecule has 0 amide bonds. The summed E-state index contributed by atoms with van der Waals surface area (Å²) in [6.07, 6.45) is 8.90. The van der Waals surface area contributed by atoms with E-state index in [1.54, 1.807) is 0 Å². The van der Waals surface area contributed by atoms with Gasteiger partial charge in [0.25, 0.3) is 0 Å². The minimum absolute atomic E-state index is 0. The van der Waals surface area contributed by atoms with Gasteiger partial charge >= 0.3 is 21.1 Å².